The zero-order chi connectivity index (χ0) is 14.7. The highest BCUT2D eigenvalue weighted by Crippen LogP contribution is 2.23. The van der Waals surface area contributed by atoms with Crippen molar-refractivity contribution in [2.75, 3.05) is 5.32 Å². The van der Waals surface area contributed by atoms with Gasteiger partial charge in [0.15, 0.2) is 0 Å². The highest BCUT2D eigenvalue weighted by Gasteiger charge is 2.07. The van der Waals surface area contributed by atoms with Gasteiger partial charge in [0.25, 0.3) is 0 Å². The van der Waals surface area contributed by atoms with Crippen LogP contribution in [0.15, 0.2) is 40.9 Å². The maximum Gasteiger partial charge on any atom is 0.335 e. The molecule has 0 aliphatic rings. The first-order chi connectivity index (χ1) is 9.47. The van der Waals surface area contributed by atoms with Gasteiger partial charge in [-0.25, -0.2) is 9.18 Å². The van der Waals surface area contributed by atoms with E-state index in [2.05, 4.69) is 43.8 Å². The molecule has 0 aliphatic carbocycles. The van der Waals surface area contributed by atoms with Crippen LogP contribution in [0.3, 0.4) is 0 Å². The second kappa shape index (κ2) is 6.53. The lowest BCUT2D eigenvalue weighted by Gasteiger charge is -2.10. The van der Waals surface area contributed by atoms with Crippen molar-refractivity contribution in [1.29, 1.82) is 0 Å². The van der Waals surface area contributed by atoms with Gasteiger partial charge in [0, 0.05) is 20.3 Å². The largest absolute Gasteiger partial charge is 0.478 e. The lowest BCUT2D eigenvalue weighted by atomic mass is 10.1. The van der Waals surface area contributed by atoms with E-state index in [9.17, 15) is 9.18 Å². The minimum atomic E-state index is -0.960. The number of hydrogen-bond acceptors (Lipinski definition) is 2. The number of anilines is 1. The van der Waals surface area contributed by atoms with E-state index in [1.807, 2.05) is 0 Å². The standard InChI is InChI=1S/C14H10BrFINO2/c15-11-5-8(14(19)20)1-2-9(11)7-18-13-4-3-10(16)6-12(13)17/h1-6,18H,7H2,(H,19,20). The van der Waals surface area contributed by atoms with Gasteiger partial charge in [0.2, 0.25) is 0 Å². The average Bonchev–Trinajstić information content (AvgIpc) is 2.38. The van der Waals surface area contributed by atoms with Crippen molar-refractivity contribution >= 4 is 50.2 Å². The van der Waals surface area contributed by atoms with Crippen LogP contribution in [0.4, 0.5) is 10.1 Å². The third-order valence-electron chi connectivity index (χ3n) is 2.70. The highest BCUT2D eigenvalue weighted by atomic mass is 127. The van der Waals surface area contributed by atoms with Crippen molar-refractivity contribution in [3.05, 3.63) is 61.4 Å². The molecule has 2 N–H and O–H groups in total. The number of hydrogen-bond donors (Lipinski definition) is 2. The van der Waals surface area contributed by atoms with E-state index in [1.54, 1.807) is 24.3 Å². The summed E-state index contributed by atoms with van der Waals surface area (Å²) in [6, 6.07) is 9.39. The molecule has 20 heavy (non-hydrogen) atoms. The highest BCUT2D eigenvalue weighted by molar-refractivity contribution is 14.1. The normalized spacial score (nSPS) is 10.3. The summed E-state index contributed by atoms with van der Waals surface area (Å²) in [7, 11) is 0. The fraction of sp³-hybridized carbons (Fsp3) is 0.0714. The Balaban J connectivity index is 2.13. The Labute approximate surface area is 137 Å². The fourth-order valence-corrected chi connectivity index (χ4v) is 2.83. The summed E-state index contributed by atoms with van der Waals surface area (Å²) in [5, 5.41) is 12.1. The average molecular weight is 450 g/mol. The van der Waals surface area contributed by atoms with Crippen LogP contribution in [0, 0.1) is 9.39 Å². The molecule has 2 aromatic rings. The maximum atomic E-state index is 13.0. The predicted octanol–water partition coefficient (Wildman–Crippen LogP) is 4.50. The Kier molecular flexibility index (Phi) is 4.98. The van der Waals surface area contributed by atoms with Crippen molar-refractivity contribution in [2.45, 2.75) is 6.54 Å². The van der Waals surface area contributed by atoms with Crippen LogP contribution in [0.1, 0.15) is 15.9 Å². The number of rotatable bonds is 4. The van der Waals surface area contributed by atoms with E-state index in [-0.39, 0.29) is 11.4 Å². The first-order valence-electron chi connectivity index (χ1n) is 5.68. The van der Waals surface area contributed by atoms with Gasteiger partial charge < -0.3 is 10.4 Å². The number of benzene rings is 2. The molecule has 0 spiro atoms. The molecular weight excluding hydrogens is 440 g/mol. The van der Waals surface area contributed by atoms with E-state index in [1.165, 1.54) is 12.1 Å². The Morgan fingerprint density at radius 1 is 1.30 bits per heavy atom. The second-order valence-corrected chi connectivity index (χ2v) is 6.11. The van der Waals surface area contributed by atoms with Crippen molar-refractivity contribution in [3.8, 4) is 0 Å². The zero-order valence-corrected chi connectivity index (χ0v) is 13.9. The number of carboxylic acids is 1. The van der Waals surface area contributed by atoms with Crippen LogP contribution in [-0.4, -0.2) is 11.1 Å². The molecule has 0 saturated carbocycles. The molecule has 0 aromatic heterocycles. The predicted molar refractivity (Wildman–Crippen MR) is 87.5 cm³/mol. The number of halogens is 3. The quantitative estimate of drug-likeness (QED) is 0.675. The van der Waals surface area contributed by atoms with Gasteiger partial charge in [-0.05, 0) is 58.5 Å². The molecular formula is C14H10BrFINO2. The monoisotopic (exact) mass is 449 g/mol. The van der Waals surface area contributed by atoms with E-state index in [4.69, 9.17) is 5.11 Å². The van der Waals surface area contributed by atoms with Crippen molar-refractivity contribution < 1.29 is 14.3 Å². The van der Waals surface area contributed by atoms with Crippen LogP contribution >= 0.6 is 38.5 Å². The summed E-state index contributed by atoms with van der Waals surface area (Å²) in [4.78, 5) is 10.8. The maximum absolute atomic E-state index is 13.0. The lowest BCUT2D eigenvalue weighted by molar-refractivity contribution is 0.0697. The molecule has 0 fully saturated rings. The topological polar surface area (TPSA) is 49.3 Å². The van der Waals surface area contributed by atoms with Crippen molar-refractivity contribution in [2.24, 2.45) is 0 Å². The molecule has 6 heteroatoms. The van der Waals surface area contributed by atoms with Crippen molar-refractivity contribution in [1.82, 2.24) is 0 Å². The summed E-state index contributed by atoms with van der Waals surface area (Å²) >= 11 is 5.41. The third-order valence-corrected chi connectivity index (χ3v) is 4.33. The molecule has 0 heterocycles. The SMILES string of the molecule is O=C(O)c1ccc(CNc2ccc(F)cc2I)c(Br)c1. The van der Waals surface area contributed by atoms with Gasteiger partial charge in [0.05, 0.1) is 5.56 Å². The summed E-state index contributed by atoms with van der Waals surface area (Å²) in [5.74, 6) is -1.23. The molecule has 3 nitrogen and oxygen atoms in total. The summed E-state index contributed by atoms with van der Waals surface area (Å²) in [6.45, 7) is 0.516. The number of carboxylic acid groups (broad SMARTS) is 1. The summed E-state index contributed by atoms with van der Waals surface area (Å²) < 4.78 is 14.5. The lowest BCUT2D eigenvalue weighted by Crippen LogP contribution is -2.03. The Bertz CT molecular complexity index is 664. The smallest absolute Gasteiger partial charge is 0.335 e. The summed E-state index contributed by atoms with van der Waals surface area (Å²) in [6.07, 6.45) is 0. The van der Waals surface area contributed by atoms with Gasteiger partial charge in [-0.1, -0.05) is 22.0 Å². The zero-order valence-electron chi connectivity index (χ0n) is 10.2. The van der Waals surface area contributed by atoms with Gasteiger partial charge in [-0.15, -0.1) is 0 Å². The summed E-state index contributed by atoms with van der Waals surface area (Å²) in [5.41, 5.74) is 1.99. The molecule has 0 atom stereocenters. The van der Waals surface area contributed by atoms with Crippen molar-refractivity contribution in [3.63, 3.8) is 0 Å². The van der Waals surface area contributed by atoms with E-state index in [0.29, 0.717) is 6.54 Å². The molecule has 0 radical (unpaired) electrons. The van der Waals surface area contributed by atoms with E-state index >= 15 is 0 Å². The molecule has 2 rings (SSSR count). The van der Waals surface area contributed by atoms with Crippen LogP contribution in [0.25, 0.3) is 0 Å². The third kappa shape index (κ3) is 3.69. The van der Waals surface area contributed by atoms with Crippen LogP contribution in [0.2, 0.25) is 0 Å². The van der Waals surface area contributed by atoms with Gasteiger partial charge in [-0.2, -0.15) is 0 Å². The minimum Gasteiger partial charge on any atom is -0.478 e. The van der Waals surface area contributed by atoms with E-state index in [0.717, 1.165) is 19.3 Å². The fourth-order valence-electron chi connectivity index (χ4n) is 1.65. The molecule has 0 aliphatic heterocycles. The molecule has 0 unspecified atom stereocenters. The van der Waals surface area contributed by atoms with Crippen LogP contribution < -0.4 is 5.32 Å². The molecule has 2 aromatic carbocycles. The first-order valence-corrected chi connectivity index (χ1v) is 7.55. The molecule has 0 saturated heterocycles. The Morgan fingerprint density at radius 2 is 2.05 bits per heavy atom. The van der Waals surface area contributed by atoms with Crippen LogP contribution in [0.5, 0.6) is 0 Å². The number of nitrogens with one attached hydrogen (secondary N) is 1. The van der Waals surface area contributed by atoms with Gasteiger partial charge >= 0.3 is 5.97 Å². The molecule has 104 valence electrons. The number of carbonyl (C=O) groups is 1. The van der Waals surface area contributed by atoms with Gasteiger partial charge in [-0.3, -0.25) is 0 Å². The van der Waals surface area contributed by atoms with E-state index < -0.39 is 5.97 Å². The first kappa shape index (κ1) is 15.2. The van der Waals surface area contributed by atoms with Gasteiger partial charge in [0.1, 0.15) is 5.82 Å². The Hall–Kier alpha value is -1.15. The Morgan fingerprint density at radius 3 is 2.65 bits per heavy atom. The molecule has 0 amide bonds. The molecule has 0 bridgehead atoms. The van der Waals surface area contributed by atoms with Crippen LogP contribution in [-0.2, 0) is 6.54 Å². The minimum absolute atomic E-state index is 0.233. The number of aromatic carboxylic acids is 1. The second-order valence-electron chi connectivity index (χ2n) is 4.09.